The molecule has 2 amide bonds. The fourth-order valence-corrected chi connectivity index (χ4v) is 3.21. The Labute approximate surface area is 169 Å². The van der Waals surface area contributed by atoms with Gasteiger partial charge in [-0.15, -0.1) is 0 Å². The predicted molar refractivity (Wildman–Crippen MR) is 105 cm³/mol. The van der Waals surface area contributed by atoms with Gasteiger partial charge in [-0.25, -0.2) is 0 Å². The number of benzene rings is 1. The number of carbonyl (C=O) groups excluding carboxylic acids is 2. The number of amides is 2. The van der Waals surface area contributed by atoms with Crippen LogP contribution in [0.2, 0.25) is 0 Å². The molecule has 0 saturated carbocycles. The topological polar surface area (TPSA) is 106 Å². The minimum Gasteiger partial charge on any atom is -0.450 e. The summed E-state index contributed by atoms with van der Waals surface area (Å²) in [6.07, 6.45) is 4.39. The van der Waals surface area contributed by atoms with Crippen LogP contribution in [-0.2, 0) is 4.79 Å². The fraction of sp³-hybridized carbons (Fsp3) is 0.263. The molecule has 0 radical (unpaired) electrons. The highest BCUT2D eigenvalue weighted by molar-refractivity contribution is 9.10. The van der Waals surface area contributed by atoms with E-state index < -0.39 is 10.8 Å². The smallest absolute Gasteiger partial charge is 0.270 e. The lowest BCUT2D eigenvalue weighted by molar-refractivity contribution is -0.384. The second-order valence-corrected chi connectivity index (χ2v) is 7.09. The fourth-order valence-electron chi connectivity index (χ4n) is 2.90. The van der Waals surface area contributed by atoms with E-state index in [-0.39, 0.29) is 22.9 Å². The third-order valence-corrected chi connectivity index (χ3v) is 4.77. The van der Waals surface area contributed by atoms with Gasteiger partial charge in [0, 0.05) is 36.9 Å². The number of carbonyl (C=O) groups is 2. The number of halogens is 1. The number of furan rings is 1. The molecule has 0 atom stereocenters. The Balaban J connectivity index is 1.83. The molecule has 1 N–H and O–H groups in total. The second-order valence-electron chi connectivity index (χ2n) is 6.31. The van der Waals surface area contributed by atoms with Gasteiger partial charge >= 0.3 is 0 Å². The molecular weight excluding hydrogens is 430 g/mol. The normalized spacial score (nSPS) is 14.6. The highest BCUT2D eigenvalue weighted by Crippen LogP contribution is 2.19. The molecule has 8 nitrogen and oxygen atoms in total. The van der Waals surface area contributed by atoms with E-state index in [9.17, 15) is 19.7 Å². The summed E-state index contributed by atoms with van der Waals surface area (Å²) in [7, 11) is 0. The van der Waals surface area contributed by atoms with E-state index in [1.54, 1.807) is 17.0 Å². The molecule has 146 valence electrons. The average Bonchev–Trinajstić information content (AvgIpc) is 3.12. The maximum Gasteiger partial charge on any atom is 0.270 e. The van der Waals surface area contributed by atoms with E-state index in [4.69, 9.17) is 4.42 Å². The summed E-state index contributed by atoms with van der Waals surface area (Å²) in [6, 6.07) is 8.54. The predicted octanol–water partition coefficient (Wildman–Crippen LogP) is 3.73. The van der Waals surface area contributed by atoms with E-state index in [1.807, 2.05) is 0 Å². The number of non-ortho nitro benzene ring substituents is 1. The van der Waals surface area contributed by atoms with Crippen LogP contribution in [-0.4, -0.2) is 34.7 Å². The molecule has 1 aromatic carbocycles. The van der Waals surface area contributed by atoms with Crippen LogP contribution in [0.15, 0.2) is 51.2 Å². The molecule has 2 aromatic rings. The Morgan fingerprint density at radius 3 is 2.36 bits per heavy atom. The van der Waals surface area contributed by atoms with E-state index in [1.165, 1.54) is 30.3 Å². The summed E-state index contributed by atoms with van der Waals surface area (Å²) >= 11 is 3.21. The van der Waals surface area contributed by atoms with Gasteiger partial charge in [0.2, 0.25) is 0 Å². The molecule has 28 heavy (non-hydrogen) atoms. The summed E-state index contributed by atoms with van der Waals surface area (Å²) in [4.78, 5) is 37.4. The van der Waals surface area contributed by atoms with Gasteiger partial charge in [-0.1, -0.05) is 0 Å². The van der Waals surface area contributed by atoms with Crippen molar-refractivity contribution in [1.82, 2.24) is 10.2 Å². The molecule has 3 rings (SSSR count). The highest BCUT2D eigenvalue weighted by Gasteiger charge is 2.23. The van der Waals surface area contributed by atoms with E-state index in [0.29, 0.717) is 23.5 Å². The Hall–Kier alpha value is -2.94. The second kappa shape index (κ2) is 8.83. The van der Waals surface area contributed by atoms with Crippen LogP contribution in [0, 0.1) is 10.1 Å². The molecule has 1 fully saturated rings. The summed E-state index contributed by atoms with van der Waals surface area (Å²) in [5.74, 6) is -0.407. The van der Waals surface area contributed by atoms with Crippen molar-refractivity contribution in [3.8, 4) is 0 Å². The third kappa shape index (κ3) is 4.86. The SMILES string of the molecule is O=C(NC(=Cc1ccc(Br)o1)C(=O)N1CCCCC1)c1ccc([N+](=O)[O-])cc1. The number of rotatable bonds is 5. The molecule has 9 heteroatoms. The molecular formula is C19H18BrN3O5. The minimum atomic E-state index is -0.540. The van der Waals surface area contributed by atoms with Crippen molar-refractivity contribution in [2.45, 2.75) is 19.3 Å². The number of hydrogen-bond donors (Lipinski definition) is 1. The van der Waals surface area contributed by atoms with Gasteiger partial charge in [0.15, 0.2) is 4.67 Å². The van der Waals surface area contributed by atoms with Crippen molar-refractivity contribution in [2.75, 3.05) is 13.1 Å². The number of hydrogen-bond acceptors (Lipinski definition) is 5. The zero-order valence-electron chi connectivity index (χ0n) is 14.9. The lowest BCUT2D eigenvalue weighted by atomic mass is 10.1. The molecule has 2 heterocycles. The van der Waals surface area contributed by atoms with Gasteiger partial charge in [-0.3, -0.25) is 19.7 Å². The number of nitrogens with zero attached hydrogens (tertiary/aromatic N) is 2. The van der Waals surface area contributed by atoms with Gasteiger partial charge in [-0.2, -0.15) is 0 Å². The maximum atomic E-state index is 12.9. The quantitative estimate of drug-likeness (QED) is 0.426. The number of likely N-dealkylation sites (tertiary alicyclic amines) is 1. The Morgan fingerprint density at radius 2 is 1.79 bits per heavy atom. The first-order valence-electron chi connectivity index (χ1n) is 8.76. The van der Waals surface area contributed by atoms with Gasteiger partial charge in [-0.05, 0) is 59.5 Å². The van der Waals surface area contributed by atoms with Gasteiger partial charge in [0.05, 0.1) is 4.92 Å². The van der Waals surface area contributed by atoms with Crippen LogP contribution >= 0.6 is 15.9 Å². The number of piperidine rings is 1. The Morgan fingerprint density at radius 1 is 1.11 bits per heavy atom. The molecule has 0 bridgehead atoms. The standard InChI is InChI=1S/C19H18BrN3O5/c20-17-9-8-15(28-17)12-16(19(25)22-10-2-1-3-11-22)21-18(24)13-4-6-14(7-5-13)23(26)27/h4-9,12H,1-3,10-11H2,(H,21,24). The van der Waals surface area contributed by atoms with Crippen molar-refractivity contribution in [1.29, 1.82) is 0 Å². The van der Waals surface area contributed by atoms with Crippen molar-refractivity contribution in [3.05, 3.63) is 68.2 Å². The largest absolute Gasteiger partial charge is 0.450 e. The summed E-state index contributed by atoms with van der Waals surface area (Å²) in [5, 5.41) is 13.4. The van der Waals surface area contributed by atoms with E-state index >= 15 is 0 Å². The van der Waals surface area contributed by atoms with Crippen LogP contribution in [0.5, 0.6) is 0 Å². The van der Waals surface area contributed by atoms with Crippen LogP contribution < -0.4 is 5.32 Å². The molecule has 0 unspecified atom stereocenters. The Kier molecular flexibility index (Phi) is 6.25. The van der Waals surface area contributed by atoms with Crippen LogP contribution in [0.4, 0.5) is 5.69 Å². The van der Waals surface area contributed by atoms with Gasteiger partial charge in [0.25, 0.3) is 17.5 Å². The zero-order valence-corrected chi connectivity index (χ0v) is 16.5. The van der Waals surface area contributed by atoms with Crippen molar-refractivity contribution in [3.63, 3.8) is 0 Å². The first kappa shape index (κ1) is 19.8. The first-order chi connectivity index (χ1) is 13.4. The molecule has 1 aliphatic heterocycles. The van der Waals surface area contributed by atoms with E-state index in [2.05, 4.69) is 21.2 Å². The average molecular weight is 448 g/mol. The van der Waals surface area contributed by atoms with Crippen LogP contribution in [0.3, 0.4) is 0 Å². The third-order valence-electron chi connectivity index (χ3n) is 4.34. The van der Waals surface area contributed by atoms with Crippen molar-refractivity contribution in [2.24, 2.45) is 0 Å². The van der Waals surface area contributed by atoms with Crippen molar-refractivity contribution >= 4 is 39.5 Å². The van der Waals surface area contributed by atoms with Gasteiger partial charge < -0.3 is 14.6 Å². The van der Waals surface area contributed by atoms with E-state index in [0.717, 1.165) is 19.3 Å². The molecule has 1 aliphatic rings. The lowest BCUT2D eigenvalue weighted by Crippen LogP contribution is -2.41. The number of nitro groups is 1. The first-order valence-corrected chi connectivity index (χ1v) is 9.55. The van der Waals surface area contributed by atoms with Crippen molar-refractivity contribution < 1.29 is 18.9 Å². The van der Waals surface area contributed by atoms with Crippen LogP contribution in [0.25, 0.3) is 6.08 Å². The summed E-state index contributed by atoms with van der Waals surface area (Å²) in [5.41, 5.74) is 0.188. The number of nitro benzene ring substituents is 1. The highest BCUT2D eigenvalue weighted by atomic mass is 79.9. The Bertz CT molecular complexity index is 914. The number of nitrogens with one attached hydrogen (secondary N) is 1. The molecule has 0 spiro atoms. The van der Waals surface area contributed by atoms with Gasteiger partial charge in [0.1, 0.15) is 11.5 Å². The minimum absolute atomic E-state index is 0.0899. The maximum absolute atomic E-state index is 12.9. The molecule has 1 aromatic heterocycles. The molecule has 1 saturated heterocycles. The summed E-state index contributed by atoms with van der Waals surface area (Å²) < 4.78 is 5.93. The molecule has 0 aliphatic carbocycles. The summed E-state index contributed by atoms with van der Waals surface area (Å²) in [6.45, 7) is 1.26. The van der Waals surface area contributed by atoms with Crippen LogP contribution in [0.1, 0.15) is 35.4 Å². The monoisotopic (exact) mass is 447 g/mol. The zero-order chi connectivity index (χ0) is 20.1. The lowest BCUT2D eigenvalue weighted by Gasteiger charge is -2.27.